The van der Waals surface area contributed by atoms with Gasteiger partial charge in [-0.25, -0.2) is 0 Å². The number of fused-ring (bicyclic) bond motifs is 9. The standard InChI is InChI=1S/C55H36N2/c1-3-16-37(17-4-1)38-18-15-21-41(34-38)56-52-29-14-10-25-46(52)48-36-42(31-33-54(48)56)57-51-28-13-9-24-45(51)47-35-40(30-32-53(47)57)55(39-19-5-2-6-20-39)49-26-11-7-22-43(49)44-23-8-12-27-50(44)55/h1-36H. The van der Waals surface area contributed by atoms with Crippen LogP contribution in [0.3, 0.4) is 0 Å². The van der Waals surface area contributed by atoms with Crippen LogP contribution in [0.5, 0.6) is 0 Å². The van der Waals surface area contributed by atoms with Crippen LogP contribution >= 0.6 is 0 Å². The molecule has 9 aromatic carbocycles. The third-order valence-electron chi connectivity index (χ3n) is 12.4. The monoisotopic (exact) mass is 724 g/mol. The van der Waals surface area contributed by atoms with Crippen LogP contribution in [0.15, 0.2) is 218 Å². The Labute approximate surface area is 331 Å². The molecule has 57 heavy (non-hydrogen) atoms. The highest BCUT2D eigenvalue weighted by Crippen LogP contribution is 2.56. The van der Waals surface area contributed by atoms with E-state index in [1.54, 1.807) is 0 Å². The van der Waals surface area contributed by atoms with Gasteiger partial charge in [0.15, 0.2) is 0 Å². The zero-order chi connectivity index (χ0) is 37.5. The Hall–Kier alpha value is -7.42. The zero-order valence-electron chi connectivity index (χ0n) is 31.2. The van der Waals surface area contributed by atoms with Crippen molar-refractivity contribution < 1.29 is 0 Å². The van der Waals surface area contributed by atoms with E-state index in [0.717, 1.165) is 11.4 Å². The lowest BCUT2D eigenvalue weighted by Gasteiger charge is -2.34. The van der Waals surface area contributed by atoms with Gasteiger partial charge in [-0.05, 0) is 99.1 Å². The Morgan fingerprint density at radius 2 is 0.772 bits per heavy atom. The van der Waals surface area contributed by atoms with Crippen molar-refractivity contribution in [1.29, 1.82) is 0 Å². The first kappa shape index (κ1) is 31.9. The summed E-state index contributed by atoms with van der Waals surface area (Å²) in [4.78, 5) is 0. The molecule has 0 saturated heterocycles. The number of hydrogen-bond donors (Lipinski definition) is 0. The van der Waals surface area contributed by atoms with Crippen LogP contribution in [0.1, 0.15) is 22.3 Å². The predicted octanol–water partition coefficient (Wildman–Crippen LogP) is 13.9. The van der Waals surface area contributed by atoms with Crippen molar-refractivity contribution in [1.82, 2.24) is 9.13 Å². The molecular weight excluding hydrogens is 689 g/mol. The molecule has 0 spiro atoms. The summed E-state index contributed by atoms with van der Waals surface area (Å²) in [5, 5.41) is 4.97. The molecule has 0 N–H and O–H groups in total. The predicted molar refractivity (Wildman–Crippen MR) is 238 cm³/mol. The van der Waals surface area contributed by atoms with E-state index in [4.69, 9.17) is 0 Å². The SMILES string of the molecule is c1ccc(-c2cccc(-n3c4ccccc4c4cc(-n5c6ccccc6c6cc(C7(c8ccccc8)c8ccccc8-c8ccccc87)ccc65)ccc43)c2)cc1. The maximum absolute atomic E-state index is 2.48. The highest BCUT2D eigenvalue weighted by Gasteiger charge is 2.46. The first-order valence-corrected chi connectivity index (χ1v) is 19.8. The van der Waals surface area contributed by atoms with Crippen LogP contribution in [-0.2, 0) is 5.41 Å². The van der Waals surface area contributed by atoms with Crippen LogP contribution < -0.4 is 0 Å². The van der Waals surface area contributed by atoms with E-state index >= 15 is 0 Å². The van der Waals surface area contributed by atoms with Crippen LogP contribution in [0.2, 0.25) is 0 Å². The van der Waals surface area contributed by atoms with Gasteiger partial charge in [-0.3, -0.25) is 0 Å². The van der Waals surface area contributed by atoms with E-state index < -0.39 is 5.41 Å². The van der Waals surface area contributed by atoms with E-state index in [1.165, 1.54) is 88.1 Å². The first-order valence-electron chi connectivity index (χ1n) is 19.8. The second kappa shape index (κ2) is 12.3. The third-order valence-corrected chi connectivity index (χ3v) is 12.4. The van der Waals surface area contributed by atoms with Crippen LogP contribution in [-0.4, -0.2) is 9.13 Å². The highest BCUT2D eigenvalue weighted by molar-refractivity contribution is 6.12. The lowest BCUT2D eigenvalue weighted by Crippen LogP contribution is -2.28. The second-order valence-corrected chi connectivity index (χ2v) is 15.3. The fraction of sp³-hybridized carbons (Fsp3) is 0.0182. The Kier molecular flexibility index (Phi) is 6.88. The fourth-order valence-corrected chi connectivity index (χ4v) is 10.0. The molecule has 2 aromatic heterocycles. The maximum atomic E-state index is 2.48. The first-order chi connectivity index (χ1) is 28.3. The van der Waals surface area contributed by atoms with Crippen molar-refractivity contribution in [2.45, 2.75) is 5.41 Å². The van der Waals surface area contributed by atoms with Gasteiger partial charge in [0, 0.05) is 32.9 Å². The van der Waals surface area contributed by atoms with Crippen molar-refractivity contribution in [2.24, 2.45) is 0 Å². The number of benzene rings is 9. The molecule has 0 saturated carbocycles. The lowest BCUT2D eigenvalue weighted by molar-refractivity contribution is 0.770. The Morgan fingerprint density at radius 3 is 1.44 bits per heavy atom. The van der Waals surface area contributed by atoms with E-state index in [9.17, 15) is 0 Å². The largest absolute Gasteiger partial charge is 0.309 e. The van der Waals surface area contributed by atoms with E-state index in [-0.39, 0.29) is 0 Å². The molecule has 2 heteroatoms. The molecule has 0 atom stereocenters. The topological polar surface area (TPSA) is 9.86 Å². The molecule has 0 amide bonds. The molecule has 1 aliphatic carbocycles. The molecule has 2 heterocycles. The van der Waals surface area contributed by atoms with Gasteiger partial charge < -0.3 is 9.13 Å². The van der Waals surface area contributed by atoms with Gasteiger partial charge in [0.05, 0.1) is 27.5 Å². The van der Waals surface area contributed by atoms with Gasteiger partial charge in [0.2, 0.25) is 0 Å². The lowest BCUT2D eigenvalue weighted by atomic mass is 9.67. The Bertz CT molecular complexity index is 3300. The number of para-hydroxylation sites is 2. The van der Waals surface area contributed by atoms with Gasteiger partial charge in [0.25, 0.3) is 0 Å². The summed E-state index contributed by atoms with van der Waals surface area (Å²) in [6.45, 7) is 0. The van der Waals surface area contributed by atoms with Gasteiger partial charge in [-0.1, -0.05) is 164 Å². The van der Waals surface area contributed by atoms with Crippen molar-refractivity contribution in [2.75, 3.05) is 0 Å². The summed E-state index contributed by atoms with van der Waals surface area (Å²) in [7, 11) is 0. The average Bonchev–Trinajstić information content (AvgIpc) is 3.91. The fourth-order valence-electron chi connectivity index (χ4n) is 10.0. The molecule has 12 rings (SSSR count). The Morgan fingerprint density at radius 1 is 0.281 bits per heavy atom. The Balaban J connectivity index is 1.08. The number of hydrogen-bond acceptors (Lipinski definition) is 0. The molecule has 11 aromatic rings. The summed E-state index contributed by atoms with van der Waals surface area (Å²) in [6, 6.07) is 80.5. The van der Waals surface area contributed by atoms with Crippen molar-refractivity contribution in [3.05, 3.63) is 241 Å². The summed E-state index contributed by atoms with van der Waals surface area (Å²) < 4.78 is 4.88. The number of rotatable bonds is 5. The smallest absolute Gasteiger partial charge is 0.0713 e. The van der Waals surface area contributed by atoms with Crippen LogP contribution in [0.4, 0.5) is 0 Å². The van der Waals surface area contributed by atoms with Gasteiger partial charge in [-0.2, -0.15) is 0 Å². The van der Waals surface area contributed by atoms with E-state index in [1.807, 2.05) is 0 Å². The maximum Gasteiger partial charge on any atom is 0.0713 e. The third kappa shape index (κ3) is 4.53. The normalized spacial score (nSPS) is 13.1. The van der Waals surface area contributed by atoms with Gasteiger partial charge in [-0.15, -0.1) is 0 Å². The summed E-state index contributed by atoms with van der Waals surface area (Å²) in [6.07, 6.45) is 0. The molecule has 266 valence electrons. The zero-order valence-corrected chi connectivity index (χ0v) is 31.2. The second-order valence-electron chi connectivity index (χ2n) is 15.3. The molecule has 2 nitrogen and oxygen atoms in total. The minimum Gasteiger partial charge on any atom is -0.309 e. The summed E-state index contributed by atoms with van der Waals surface area (Å²) >= 11 is 0. The van der Waals surface area contributed by atoms with Crippen molar-refractivity contribution in [3.63, 3.8) is 0 Å². The van der Waals surface area contributed by atoms with Crippen LogP contribution in [0.25, 0.3) is 77.2 Å². The molecule has 0 fully saturated rings. The molecule has 0 unspecified atom stereocenters. The molecular formula is C55H36N2. The van der Waals surface area contributed by atoms with Gasteiger partial charge >= 0.3 is 0 Å². The van der Waals surface area contributed by atoms with E-state index in [2.05, 4.69) is 228 Å². The quantitative estimate of drug-likeness (QED) is 0.167. The van der Waals surface area contributed by atoms with Crippen LogP contribution in [0, 0.1) is 0 Å². The minimum atomic E-state index is -0.454. The summed E-state index contributed by atoms with van der Waals surface area (Å²) in [5.74, 6) is 0. The summed E-state index contributed by atoms with van der Waals surface area (Å²) in [5.41, 5.74) is 16.9. The number of nitrogens with zero attached hydrogens (tertiary/aromatic N) is 2. The molecule has 0 bridgehead atoms. The molecule has 0 radical (unpaired) electrons. The average molecular weight is 725 g/mol. The number of aromatic nitrogens is 2. The van der Waals surface area contributed by atoms with Crippen molar-refractivity contribution in [3.8, 4) is 33.6 Å². The van der Waals surface area contributed by atoms with E-state index in [0.29, 0.717) is 0 Å². The van der Waals surface area contributed by atoms with Crippen molar-refractivity contribution >= 4 is 43.6 Å². The molecule has 0 aliphatic heterocycles. The molecule has 1 aliphatic rings. The van der Waals surface area contributed by atoms with Gasteiger partial charge in [0.1, 0.15) is 0 Å². The minimum absolute atomic E-state index is 0.454. The highest BCUT2D eigenvalue weighted by atomic mass is 15.0.